The van der Waals surface area contributed by atoms with Crippen LogP contribution in [0.15, 0.2) is 30.5 Å². The van der Waals surface area contributed by atoms with E-state index in [0.29, 0.717) is 6.04 Å². The van der Waals surface area contributed by atoms with Crippen LogP contribution in [0.4, 0.5) is 0 Å². The monoisotopic (exact) mass is 259 g/mol. The Hall–Kier alpha value is -1.32. The van der Waals surface area contributed by atoms with Crippen molar-refractivity contribution in [2.45, 2.75) is 32.9 Å². The summed E-state index contributed by atoms with van der Waals surface area (Å²) >= 11 is 0. The van der Waals surface area contributed by atoms with Gasteiger partial charge in [0.15, 0.2) is 0 Å². The maximum atomic E-state index is 3.52. The number of rotatable bonds is 7. The molecule has 0 bridgehead atoms. The number of nitrogens with zero attached hydrogens (tertiary/aromatic N) is 1. The van der Waals surface area contributed by atoms with E-state index in [-0.39, 0.29) is 0 Å². The van der Waals surface area contributed by atoms with Gasteiger partial charge in [0.2, 0.25) is 0 Å². The molecule has 1 aromatic carbocycles. The molecule has 1 heterocycles. The van der Waals surface area contributed by atoms with Gasteiger partial charge in [-0.05, 0) is 49.5 Å². The van der Waals surface area contributed by atoms with Crippen LogP contribution in [0.3, 0.4) is 0 Å². The third-order valence-corrected chi connectivity index (χ3v) is 3.93. The summed E-state index contributed by atoms with van der Waals surface area (Å²) in [5, 5.41) is 4.80. The molecule has 3 nitrogen and oxygen atoms in total. The fraction of sp³-hybridized carbons (Fsp3) is 0.500. The van der Waals surface area contributed by atoms with Crippen molar-refractivity contribution in [2.75, 3.05) is 20.1 Å². The van der Waals surface area contributed by atoms with Gasteiger partial charge in [0.25, 0.3) is 0 Å². The third kappa shape index (κ3) is 3.82. The van der Waals surface area contributed by atoms with Crippen LogP contribution in [-0.4, -0.2) is 36.1 Å². The summed E-state index contributed by atoms with van der Waals surface area (Å²) < 4.78 is 0. The zero-order valence-electron chi connectivity index (χ0n) is 12.2. The van der Waals surface area contributed by atoms with Crippen molar-refractivity contribution in [3.63, 3.8) is 0 Å². The highest BCUT2D eigenvalue weighted by Crippen LogP contribution is 2.13. The Labute approximate surface area is 116 Å². The molecule has 19 heavy (non-hydrogen) atoms. The summed E-state index contributed by atoms with van der Waals surface area (Å²) in [5.41, 5.74) is 2.55. The number of fused-ring (bicyclic) bond motifs is 1. The van der Waals surface area contributed by atoms with Crippen molar-refractivity contribution in [1.29, 1.82) is 0 Å². The summed E-state index contributed by atoms with van der Waals surface area (Å²) in [7, 11) is 2.20. The molecule has 104 valence electrons. The molecule has 0 saturated heterocycles. The van der Waals surface area contributed by atoms with Gasteiger partial charge >= 0.3 is 0 Å². The highest BCUT2D eigenvalue weighted by Gasteiger charge is 2.05. The number of aromatic amines is 1. The molecule has 2 N–H and O–H groups in total. The molecule has 2 aromatic rings. The number of benzene rings is 1. The third-order valence-electron chi connectivity index (χ3n) is 3.93. The van der Waals surface area contributed by atoms with E-state index >= 15 is 0 Å². The molecular weight excluding hydrogens is 234 g/mol. The summed E-state index contributed by atoms with van der Waals surface area (Å²) in [6.07, 6.45) is 3.20. The zero-order valence-corrected chi connectivity index (χ0v) is 12.2. The second kappa shape index (κ2) is 6.73. The van der Waals surface area contributed by atoms with Crippen LogP contribution in [0.5, 0.6) is 0 Å². The van der Waals surface area contributed by atoms with Crippen LogP contribution in [0.2, 0.25) is 0 Å². The summed E-state index contributed by atoms with van der Waals surface area (Å²) in [6.45, 7) is 7.59. The van der Waals surface area contributed by atoms with E-state index in [4.69, 9.17) is 0 Å². The first-order valence-corrected chi connectivity index (χ1v) is 7.17. The highest BCUT2D eigenvalue weighted by molar-refractivity contribution is 5.79. The molecular formula is C16H25N3. The topological polar surface area (TPSA) is 31.1 Å². The van der Waals surface area contributed by atoms with Crippen molar-refractivity contribution in [1.82, 2.24) is 15.2 Å². The van der Waals surface area contributed by atoms with Gasteiger partial charge < -0.3 is 15.2 Å². The first kappa shape index (κ1) is 14.1. The van der Waals surface area contributed by atoms with Crippen molar-refractivity contribution in [3.8, 4) is 0 Å². The van der Waals surface area contributed by atoms with Crippen molar-refractivity contribution < 1.29 is 0 Å². The summed E-state index contributed by atoms with van der Waals surface area (Å²) in [4.78, 5) is 5.63. The van der Waals surface area contributed by atoms with E-state index in [1.54, 1.807) is 0 Å². The maximum absolute atomic E-state index is 3.52. The van der Waals surface area contributed by atoms with Gasteiger partial charge in [-0.25, -0.2) is 0 Å². The van der Waals surface area contributed by atoms with E-state index < -0.39 is 0 Å². The van der Waals surface area contributed by atoms with Crippen molar-refractivity contribution >= 4 is 10.9 Å². The Morgan fingerprint density at radius 2 is 2.16 bits per heavy atom. The van der Waals surface area contributed by atoms with Gasteiger partial charge in [-0.3, -0.25) is 0 Å². The van der Waals surface area contributed by atoms with Gasteiger partial charge in [-0.15, -0.1) is 0 Å². The number of H-pyrrole nitrogens is 1. The molecule has 0 spiro atoms. The lowest BCUT2D eigenvalue weighted by Gasteiger charge is -2.23. The van der Waals surface area contributed by atoms with Crippen LogP contribution >= 0.6 is 0 Å². The Bertz CT molecular complexity index is 503. The average molecular weight is 259 g/mol. The summed E-state index contributed by atoms with van der Waals surface area (Å²) in [6, 6.07) is 9.37. The lowest BCUT2D eigenvalue weighted by molar-refractivity contribution is 0.252. The Balaban J connectivity index is 1.76. The second-order valence-electron chi connectivity index (χ2n) is 5.31. The lowest BCUT2D eigenvalue weighted by Crippen LogP contribution is -2.34. The average Bonchev–Trinajstić information content (AvgIpc) is 2.89. The first-order valence-electron chi connectivity index (χ1n) is 7.17. The van der Waals surface area contributed by atoms with Gasteiger partial charge in [0.05, 0.1) is 0 Å². The van der Waals surface area contributed by atoms with Crippen LogP contribution in [0.25, 0.3) is 10.9 Å². The molecule has 3 heteroatoms. The molecule has 2 rings (SSSR count). The van der Waals surface area contributed by atoms with Crippen molar-refractivity contribution in [2.24, 2.45) is 0 Å². The minimum absolute atomic E-state index is 0.665. The van der Waals surface area contributed by atoms with Crippen LogP contribution < -0.4 is 5.32 Å². The minimum atomic E-state index is 0.665. The molecule has 0 radical (unpaired) electrons. The number of hydrogen-bond donors (Lipinski definition) is 2. The number of nitrogens with one attached hydrogen (secondary N) is 2. The molecule has 0 amide bonds. The number of hydrogen-bond acceptors (Lipinski definition) is 2. The predicted molar refractivity (Wildman–Crippen MR) is 82.4 cm³/mol. The fourth-order valence-corrected chi connectivity index (χ4v) is 2.23. The quantitative estimate of drug-likeness (QED) is 0.749. The molecule has 0 aliphatic heterocycles. The Kier molecular flexibility index (Phi) is 5.00. The van der Waals surface area contributed by atoms with E-state index in [9.17, 15) is 0 Å². The molecule has 1 unspecified atom stereocenters. The normalized spacial score (nSPS) is 13.3. The number of likely N-dealkylation sites (N-methyl/N-ethyl adjacent to an activating group) is 1. The van der Waals surface area contributed by atoms with Gasteiger partial charge in [0, 0.05) is 37.4 Å². The second-order valence-corrected chi connectivity index (χ2v) is 5.31. The van der Waals surface area contributed by atoms with Gasteiger partial charge in [-0.1, -0.05) is 13.0 Å². The van der Waals surface area contributed by atoms with Gasteiger partial charge in [0.1, 0.15) is 0 Å². The molecule has 0 aliphatic rings. The van der Waals surface area contributed by atoms with E-state index in [1.807, 2.05) is 6.20 Å². The maximum Gasteiger partial charge on any atom is 0.0454 e. The van der Waals surface area contributed by atoms with Crippen LogP contribution in [0.1, 0.15) is 25.8 Å². The Morgan fingerprint density at radius 1 is 1.32 bits per heavy atom. The fourth-order valence-electron chi connectivity index (χ4n) is 2.23. The lowest BCUT2D eigenvalue weighted by atomic mass is 10.1. The van der Waals surface area contributed by atoms with Crippen LogP contribution in [0, 0.1) is 0 Å². The Morgan fingerprint density at radius 3 is 2.95 bits per heavy atom. The first-order chi connectivity index (χ1) is 9.20. The van der Waals surface area contributed by atoms with E-state index in [0.717, 1.165) is 19.6 Å². The highest BCUT2D eigenvalue weighted by atomic mass is 15.1. The largest absolute Gasteiger partial charge is 0.361 e. The van der Waals surface area contributed by atoms with Crippen molar-refractivity contribution in [3.05, 3.63) is 36.0 Å². The minimum Gasteiger partial charge on any atom is -0.361 e. The predicted octanol–water partition coefficient (Wildman–Crippen LogP) is 2.99. The molecule has 1 atom stereocenters. The standard InChI is InChI=1S/C16H25N3/c1-4-13(2)19(3)10-9-17-12-14-5-6-16-15(11-14)7-8-18-16/h5-8,11,13,17-18H,4,9-10,12H2,1-3H3. The SMILES string of the molecule is CCC(C)N(C)CCNCc1ccc2[nH]ccc2c1. The van der Waals surface area contributed by atoms with E-state index in [1.165, 1.54) is 22.9 Å². The van der Waals surface area contributed by atoms with Gasteiger partial charge in [-0.2, -0.15) is 0 Å². The van der Waals surface area contributed by atoms with E-state index in [2.05, 4.69) is 60.4 Å². The molecule has 0 fully saturated rings. The number of aromatic nitrogens is 1. The summed E-state index contributed by atoms with van der Waals surface area (Å²) in [5.74, 6) is 0. The molecule has 0 aliphatic carbocycles. The van der Waals surface area contributed by atoms with Crippen LogP contribution in [-0.2, 0) is 6.54 Å². The smallest absolute Gasteiger partial charge is 0.0454 e. The molecule has 1 aromatic heterocycles. The zero-order chi connectivity index (χ0) is 13.7. The molecule has 0 saturated carbocycles.